The molecule has 20 heavy (non-hydrogen) atoms. The van der Waals surface area contributed by atoms with Gasteiger partial charge in [-0.1, -0.05) is 23.7 Å². The van der Waals surface area contributed by atoms with Gasteiger partial charge in [-0.3, -0.25) is 9.69 Å². The van der Waals surface area contributed by atoms with Gasteiger partial charge in [0.25, 0.3) is 0 Å². The second-order valence-electron chi connectivity index (χ2n) is 4.64. The SMILES string of the molecule is COCCNC(=O)CN(C)Cc1ccc(CN)cc1Cl. The lowest BCUT2D eigenvalue weighted by molar-refractivity contribution is -0.122. The van der Waals surface area contributed by atoms with Crippen LogP contribution in [0.25, 0.3) is 0 Å². The van der Waals surface area contributed by atoms with Gasteiger partial charge in [-0.25, -0.2) is 0 Å². The Morgan fingerprint density at radius 1 is 1.50 bits per heavy atom. The van der Waals surface area contributed by atoms with E-state index in [-0.39, 0.29) is 5.91 Å². The minimum Gasteiger partial charge on any atom is -0.383 e. The molecule has 0 aromatic heterocycles. The first kappa shape index (κ1) is 16.9. The molecule has 0 aliphatic rings. The molecule has 1 aromatic carbocycles. The summed E-state index contributed by atoms with van der Waals surface area (Å²) in [6, 6.07) is 5.76. The van der Waals surface area contributed by atoms with E-state index >= 15 is 0 Å². The smallest absolute Gasteiger partial charge is 0.234 e. The molecule has 1 aromatic rings. The zero-order chi connectivity index (χ0) is 15.0. The Morgan fingerprint density at radius 2 is 2.25 bits per heavy atom. The molecule has 1 rings (SSSR count). The number of methoxy groups -OCH3 is 1. The summed E-state index contributed by atoms with van der Waals surface area (Å²) in [5.74, 6) is -0.0285. The summed E-state index contributed by atoms with van der Waals surface area (Å²) in [7, 11) is 3.48. The molecule has 3 N–H and O–H groups in total. The van der Waals surface area contributed by atoms with E-state index in [0.717, 1.165) is 11.1 Å². The highest BCUT2D eigenvalue weighted by Gasteiger charge is 2.09. The number of carbonyl (C=O) groups excluding carboxylic acids is 1. The van der Waals surface area contributed by atoms with Crippen LogP contribution in [-0.4, -0.2) is 44.7 Å². The van der Waals surface area contributed by atoms with Gasteiger partial charge in [-0.2, -0.15) is 0 Å². The molecule has 0 fully saturated rings. The van der Waals surface area contributed by atoms with Crippen LogP contribution in [0, 0.1) is 0 Å². The molecular weight excluding hydrogens is 278 g/mol. The van der Waals surface area contributed by atoms with Crippen LogP contribution in [0.4, 0.5) is 0 Å². The average Bonchev–Trinajstić information content (AvgIpc) is 2.41. The third kappa shape index (κ3) is 5.88. The van der Waals surface area contributed by atoms with Crippen molar-refractivity contribution in [3.8, 4) is 0 Å². The number of rotatable bonds is 8. The van der Waals surface area contributed by atoms with Gasteiger partial charge in [0, 0.05) is 31.8 Å². The molecule has 1 amide bonds. The van der Waals surface area contributed by atoms with Crippen LogP contribution in [-0.2, 0) is 22.6 Å². The van der Waals surface area contributed by atoms with E-state index in [9.17, 15) is 4.79 Å². The molecule has 0 bridgehead atoms. The predicted molar refractivity (Wildman–Crippen MR) is 80.6 cm³/mol. The Hall–Kier alpha value is -1.14. The second kappa shape index (κ2) is 8.92. The number of hydrogen-bond acceptors (Lipinski definition) is 4. The van der Waals surface area contributed by atoms with Crippen LogP contribution in [0.15, 0.2) is 18.2 Å². The summed E-state index contributed by atoms with van der Waals surface area (Å²) in [5.41, 5.74) is 7.54. The molecule has 0 atom stereocenters. The fourth-order valence-corrected chi connectivity index (χ4v) is 2.05. The molecule has 6 heteroatoms. The highest BCUT2D eigenvalue weighted by Crippen LogP contribution is 2.19. The Morgan fingerprint density at radius 3 is 2.85 bits per heavy atom. The van der Waals surface area contributed by atoms with Crippen molar-refractivity contribution in [2.24, 2.45) is 5.73 Å². The summed E-state index contributed by atoms with van der Waals surface area (Å²) >= 11 is 6.19. The van der Waals surface area contributed by atoms with Crippen molar-refractivity contribution in [3.05, 3.63) is 34.3 Å². The highest BCUT2D eigenvalue weighted by atomic mass is 35.5. The standard InChI is InChI=1S/C14H22ClN3O2/c1-18(10-14(19)17-5-6-20-2)9-12-4-3-11(8-16)7-13(12)15/h3-4,7H,5-6,8-10,16H2,1-2H3,(H,17,19). The lowest BCUT2D eigenvalue weighted by Gasteiger charge is -2.17. The number of nitrogens with zero attached hydrogens (tertiary/aromatic N) is 1. The van der Waals surface area contributed by atoms with Crippen LogP contribution in [0.3, 0.4) is 0 Å². The van der Waals surface area contributed by atoms with E-state index in [1.54, 1.807) is 7.11 Å². The monoisotopic (exact) mass is 299 g/mol. The molecule has 0 unspecified atom stereocenters. The van der Waals surface area contributed by atoms with Gasteiger partial charge in [0.2, 0.25) is 5.91 Å². The second-order valence-corrected chi connectivity index (χ2v) is 5.05. The molecule has 0 spiro atoms. The first-order valence-electron chi connectivity index (χ1n) is 6.48. The molecule has 0 radical (unpaired) electrons. The number of hydrogen-bond donors (Lipinski definition) is 2. The number of halogens is 1. The third-order valence-electron chi connectivity index (χ3n) is 2.84. The lowest BCUT2D eigenvalue weighted by Crippen LogP contribution is -2.36. The van der Waals surface area contributed by atoms with Crippen molar-refractivity contribution in [2.45, 2.75) is 13.1 Å². The van der Waals surface area contributed by atoms with Crippen molar-refractivity contribution in [3.63, 3.8) is 0 Å². The van der Waals surface area contributed by atoms with E-state index in [2.05, 4.69) is 5.32 Å². The van der Waals surface area contributed by atoms with Crippen molar-refractivity contribution in [1.82, 2.24) is 10.2 Å². The van der Waals surface area contributed by atoms with Crippen molar-refractivity contribution in [1.29, 1.82) is 0 Å². The van der Waals surface area contributed by atoms with E-state index in [0.29, 0.717) is 37.8 Å². The van der Waals surface area contributed by atoms with Crippen LogP contribution in [0.2, 0.25) is 5.02 Å². The molecule has 0 heterocycles. The van der Waals surface area contributed by atoms with Crippen LogP contribution in [0.1, 0.15) is 11.1 Å². The van der Waals surface area contributed by atoms with Crippen LogP contribution in [0.5, 0.6) is 0 Å². The molecule has 0 aliphatic heterocycles. The Labute approximate surface area is 125 Å². The summed E-state index contributed by atoms with van der Waals surface area (Å²) in [5, 5.41) is 3.46. The number of amides is 1. The Kier molecular flexibility index (Phi) is 7.54. The molecule has 0 aliphatic carbocycles. The minimum absolute atomic E-state index is 0.0285. The first-order chi connectivity index (χ1) is 9.56. The van der Waals surface area contributed by atoms with Crippen LogP contribution >= 0.6 is 11.6 Å². The average molecular weight is 300 g/mol. The topological polar surface area (TPSA) is 67.6 Å². The fourth-order valence-electron chi connectivity index (χ4n) is 1.79. The number of nitrogens with two attached hydrogens (primary N) is 1. The van der Waals surface area contributed by atoms with Gasteiger partial charge in [-0.05, 0) is 24.2 Å². The molecule has 0 saturated heterocycles. The number of likely N-dealkylation sites (N-methyl/N-ethyl adjacent to an activating group) is 1. The Balaban J connectivity index is 2.45. The van der Waals surface area contributed by atoms with Gasteiger partial charge < -0.3 is 15.8 Å². The van der Waals surface area contributed by atoms with Gasteiger partial charge in [0.05, 0.1) is 13.2 Å². The Bertz CT molecular complexity index is 440. The summed E-state index contributed by atoms with van der Waals surface area (Å²) in [6.45, 7) is 2.44. The number of ether oxygens (including phenoxy) is 1. The van der Waals surface area contributed by atoms with E-state index < -0.39 is 0 Å². The van der Waals surface area contributed by atoms with E-state index in [1.807, 2.05) is 30.1 Å². The summed E-state index contributed by atoms with van der Waals surface area (Å²) in [6.07, 6.45) is 0. The number of benzene rings is 1. The van der Waals surface area contributed by atoms with Crippen molar-refractivity contribution >= 4 is 17.5 Å². The van der Waals surface area contributed by atoms with Crippen molar-refractivity contribution in [2.75, 3.05) is 33.9 Å². The molecule has 112 valence electrons. The summed E-state index contributed by atoms with van der Waals surface area (Å²) < 4.78 is 4.87. The zero-order valence-corrected chi connectivity index (χ0v) is 12.7. The third-order valence-corrected chi connectivity index (χ3v) is 3.19. The van der Waals surface area contributed by atoms with Gasteiger partial charge in [-0.15, -0.1) is 0 Å². The quantitative estimate of drug-likeness (QED) is 0.703. The van der Waals surface area contributed by atoms with Gasteiger partial charge in [0.1, 0.15) is 0 Å². The fraction of sp³-hybridized carbons (Fsp3) is 0.500. The molecule has 5 nitrogen and oxygen atoms in total. The predicted octanol–water partition coefficient (Wildman–Crippen LogP) is 0.993. The van der Waals surface area contributed by atoms with Crippen molar-refractivity contribution < 1.29 is 9.53 Å². The highest BCUT2D eigenvalue weighted by molar-refractivity contribution is 6.31. The lowest BCUT2D eigenvalue weighted by atomic mass is 10.1. The maximum atomic E-state index is 11.6. The number of nitrogens with one attached hydrogen (secondary N) is 1. The largest absolute Gasteiger partial charge is 0.383 e. The van der Waals surface area contributed by atoms with Crippen LogP contribution < -0.4 is 11.1 Å². The van der Waals surface area contributed by atoms with Gasteiger partial charge in [0.15, 0.2) is 0 Å². The van der Waals surface area contributed by atoms with Gasteiger partial charge >= 0.3 is 0 Å². The van der Waals surface area contributed by atoms with E-state index in [4.69, 9.17) is 22.1 Å². The first-order valence-corrected chi connectivity index (χ1v) is 6.86. The molecule has 0 saturated carbocycles. The normalized spacial score (nSPS) is 10.8. The zero-order valence-electron chi connectivity index (χ0n) is 12.0. The number of carbonyl (C=O) groups is 1. The molecular formula is C14H22ClN3O2. The maximum Gasteiger partial charge on any atom is 0.234 e. The maximum absolute atomic E-state index is 11.6. The minimum atomic E-state index is -0.0285. The van der Waals surface area contributed by atoms with E-state index in [1.165, 1.54) is 0 Å². The summed E-state index contributed by atoms with van der Waals surface area (Å²) in [4.78, 5) is 13.6.